The predicted molar refractivity (Wildman–Crippen MR) is 79.3 cm³/mol. The molecule has 2 atom stereocenters. The molecule has 1 aliphatic rings. The van der Waals surface area contributed by atoms with Crippen LogP contribution in [0.5, 0.6) is 5.75 Å². The zero-order valence-electron chi connectivity index (χ0n) is 12.6. The van der Waals surface area contributed by atoms with Crippen molar-refractivity contribution in [3.8, 4) is 5.75 Å². The summed E-state index contributed by atoms with van der Waals surface area (Å²) in [6.07, 6.45) is 1.40. The third-order valence-corrected chi connectivity index (χ3v) is 3.47. The molecule has 5 nitrogen and oxygen atoms in total. The number of carbonyl (C=O) groups is 1. The molecule has 116 valence electrons. The van der Waals surface area contributed by atoms with E-state index in [4.69, 9.17) is 14.2 Å². The lowest BCUT2D eigenvalue weighted by molar-refractivity contribution is -0.131. The van der Waals surface area contributed by atoms with E-state index in [1.165, 1.54) is 0 Å². The van der Waals surface area contributed by atoms with Gasteiger partial charge < -0.3 is 19.5 Å². The summed E-state index contributed by atoms with van der Waals surface area (Å²) in [6, 6.07) is 7.52. The Kier molecular flexibility index (Phi) is 6.02. The van der Waals surface area contributed by atoms with Gasteiger partial charge >= 0.3 is 0 Å². The van der Waals surface area contributed by atoms with Crippen LogP contribution >= 0.6 is 0 Å². The number of benzene rings is 1. The van der Waals surface area contributed by atoms with Crippen molar-refractivity contribution in [2.24, 2.45) is 0 Å². The standard InChI is InChI=1S/C16H23NO4/c1-3-20-13-8-6-12(7-9-13)14(11-19-2)17-16(18)15-5-4-10-21-15/h6-9,14-15H,3-5,10-11H2,1-2H3,(H,17,18)/t14-,15+/m0/s1. The minimum absolute atomic E-state index is 0.0663. The van der Waals surface area contributed by atoms with E-state index < -0.39 is 0 Å². The Morgan fingerprint density at radius 2 is 2.19 bits per heavy atom. The molecular weight excluding hydrogens is 270 g/mol. The predicted octanol–water partition coefficient (Wildman–Crippen LogP) is 2.07. The third kappa shape index (κ3) is 4.44. The van der Waals surface area contributed by atoms with Crippen LogP contribution < -0.4 is 10.1 Å². The Balaban J connectivity index is 2.01. The van der Waals surface area contributed by atoms with E-state index in [1.807, 2.05) is 31.2 Å². The SMILES string of the molecule is CCOc1ccc([C@H](COC)NC(=O)[C@H]2CCCO2)cc1. The molecule has 0 spiro atoms. The van der Waals surface area contributed by atoms with Gasteiger partial charge in [0.25, 0.3) is 0 Å². The minimum Gasteiger partial charge on any atom is -0.494 e. The van der Waals surface area contributed by atoms with Crippen LogP contribution in [0, 0.1) is 0 Å². The molecule has 1 heterocycles. The van der Waals surface area contributed by atoms with Gasteiger partial charge in [0.05, 0.1) is 19.3 Å². The largest absolute Gasteiger partial charge is 0.494 e. The molecule has 0 bridgehead atoms. The minimum atomic E-state index is -0.327. The monoisotopic (exact) mass is 293 g/mol. The quantitative estimate of drug-likeness (QED) is 0.836. The highest BCUT2D eigenvalue weighted by molar-refractivity contribution is 5.81. The maximum Gasteiger partial charge on any atom is 0.249 e. The van der Waals surface area contributed by atoms with Crippen LogP contribution in [0.1, 0.15) is 31.4 Å². The number of nitrogens with one attached hydrogen (secondary N) is 1. The fraction of sp³-hybridized carbons (Fsp3) is 0.562. The van der Waals surface area contributed by atoms with Gasteiger partial charge in [-0.25, -0.2) is 0 Å². The lowest BCUT2D eigenvalue weighted by Gasteiger charge is -2.20. The molecule has 1 saturated heterocycles. The van der Waals surface area contributed by atoms with Crippen LogP contribution in [0.4, 0.5) is 0 Å². The van der Waals surface area contributed by atoms with Crippen LogP contribution in [0.15, 0.2) is 24.3 Å². The van der Waals surface area contributed by atoms with Gasteiger partial charge in [-0.15, -0.1) is 0 Å². The Bertz CT molecular complexity index is 440. The maximum absolute atomic E-state index is 12.2. The molecule has 0 radical (unpaired) electrons. The van der Waals surface area contributed by atoms with Gasteiger partial charge in [0.1, 0.15) is 11.9 Å². The maximum atomic E-state index is 12.2. The van der Waals surface area contributed by atoms with Crippen molar-refractivity contribution >= 4 is 5.91 Å². The molecular formula is C16H23NO4. The van der Waals surface area contributed by atoms with Crippen LogP contribution in [-0.2, 0) is 14.3 Å². The Hall–Kier alpha value is -1.59. The molecule has 0 unspecified atom stereocenters. The number of ether oxygens (including phenoxy) is 3. The van der Waals surface area contributed by atoms with Gasteiger partial charge in [0.2, 0.25) is 5.91 Å². The molecule has 0 saturated carbocycles. The summed E-state index contributed by atoms with van der Waals surface area (Å²) in [7, 11) is 1.62. The lowest BCUT2D eigenvalue weighted by Crippen LogP contribution is -2.38. The molecule has 1 aromatic carbocycles. The average Bonchev–Trinajstić information content (AvgIpc) is 3.02. The fourth-order valence-electron chi connectivity index (χ4n) is 2.40. The summed E-state index contributed by atoms with van der Waals surface area (Å²) < 4.78 is 16.0. The summed E-state index contributed by atoms with van der Waals surface area (Å²) >= 11 is 0. The first-order valence-electron chi connectivity index (χ1n) is 7.38. The summed E-state index contributed by atoms with van der Waals surface area (Å²) in [5.41, 5.74) is 0.992. The van der Waals surface area contributed by atoms with E-state index in [2.05, 4.69) is 5.32 Å². The first-order valence-corrected chi connectivity index (χ1v) is 7.38. The number of hydrogen-bond acceptors (Lipinski definition) is 4. The topological polar surface area (TPSA) is 56.8 Å². The van der Waals surface area contributed by atoms with Crippen molar-refractivity contribution in [3.05, 3.63) is 29.8 Å². The van der Waals surface area contributed by atoms with Gasteiger partial charge in [0.15, 0.2) is 0 Å². The van der Waals surface area contributed by atoms with Gasteiger partial charge in [-0.05, 0) is 37.5 Å². The molecule has 21 heavy (non-hydrogen) atoms. The van der Waals surface area contributed by atoms with Gasteiger partial charge in [-0.1, -0.05) is 12.1 Å². The van der Waals surface area contributed by atoms with Crippen molar-refractivity contribution in [3.63, 3.8) is 0 Å². The second kappa shape index (κ2) is 8.00. The van der Waals surface area contributed by atoms with Crippen LogP contribution in [-0.4, -0.2) is 38.9 Å². The smallest absolute Gasteiger partial charge is 0.249 e. The van der Waals surface area contributed by atoms with E-state index in [1.54, 1.807) is 7.11 Å². The molecule has 5 heteroatoms. The molecule has 2 rings (SSSR count). The molecule has 1 fully saturated rings. The molecule has 1 aliphatic heterocycles. The van der Waals surface area contributed by atoms with Crippen molar-refractivity contribution in [1.82, 2.24) is 5.32 Å². The molecule has 1 amide bonds. The zero-order chi connectivity index (χ0) is 15.1. The fourth-order valence-corrected chi connectivity index (χ4v) is 2.40. The van der Waals surface area contributed by atoms with Crippen LogP contribution in [0.2, 0.25) is 0 Å². The van der Waals surface area contributed by atoms with Crippen molar-refractivity contribution < 1.29 is 19.0 Å². The Morgan fingerprint density at radius 3 is 2.76 bits per heavy atom. The van der Waals surface area contributed by atoms with Crippen molar-refractivity contribution in [2.45, 2.75) is 31.9 Å². The molecule has 0 aromatic heterocycles. The van der Waals surface area contributed by atoms with E-state index in [0.29, 0.717) is 19.8 Å². The second-order valence-corrected chi connectivity index (χ2v) is 5.02. The second-order valence-electron chi connectivity index (χ2n) is 5.02. The van der Waals surface area contributed by atoms with E-state index in [0.717, 1.165) is 24.2 Å². The number of hydrogen-bond donors (Lipinski definition) is 1. The first kappa shape index (κ1) is 15.8. The number of amides is 1. The van der Waals surface area contributed by atoms with Crippen molar-refractivity contribution in [2.75, 3.05) is 26.9 Å². The zero-order valence-corrected chi connectivity index (χ0v) is 12.6. The Labute approximate surface area is 125 Å². The van der Waals surface area contributed by atoms with Crippen LogP contribution in [0.3, 0.4) is 0 Å². The summed E-state index contributed by atoms with van der Waals surface area (Å²) in [5.74, 6) is 0.756. The highest BCUT2D eigenvalue weighted by Gasteiger charge is 2.26. The summed E-state index contributed by atoms with van der Waals surface area (Å²) in [6.45, 7) is 3.67. The van der Waals surface area contributed by atoms with Gasteiger partial charge in [-0.2, -0.15) is 0 Å². The first-order chi connectivity index (χ1) is 10.2. The van der Waals surface area contributed by atoms with Gasteiger partial charge in [0, 0.05) is 13.7 Å². The van der Waals surface area contributed by atoms with E-state index >= 15 is 0 Å². The Morgan fingerprint density at radius 1 is 1.43 bits per heavy atom. The molecule has 1 N–H and O–H groups in total. The van der Waals surface area contributed by atoms with Gasteiger partial charge in [-0.3, -0.25) is 4.79 Å². The van der Waals surface area contributed by atoms with Crippen molar-refractivity contribution in [1.29, 1.82) is 0 Å². The average molecular weight is 293 g/mol. The molecule has 0 aliphatic carbocycles. The highest BCUT2D eigenvalue weighted by atomic mass is 16.5. The lowest BCUT2D eigenvalue weighted by atomic mass is 10.1. The summed E-state index contributed by atoms with van der Waals surface area (Å²) in [4.78, 5) is 12.2. The number of methoxy groups -OCH3 is 1. The molecule has 1 aromatic rings. The van der Waals surface area contributed by atoms with E-state index in [9.17, 15) is 4.79 Å². The number of rotatable bonds is 7. The van der Waals surface area contributed by atoms with Crippen LogP contribution in [0.25, 0.3) is 0 Å². The normalized spacial score (nSPS) is 19.2. The van der Waals surface area contributed by atoms with E-state index in [-0.39, 0.29) is 18.1 Å². The number of carbonyl (C=O) groups excluding carboxylic acids is 1. The third-order valence-electron chi connectivity index (χ3n) is 3.47. The highest BCUT2D eigenvalue weighted by Crippen LogP contribution is 2.20. The summed E-state index contributed by atoms with van der Waals surface area (Å²) in [5, 5.41) is 3.00.